The van der Waals surface area contributed by atoms with Crippen LogP contribution in [0.15, 0.2) is 35.9 Å². The average molecular weight is 279 g/mol. The Morgan fingerprint density at radius 1 is 1.37 bits per heavy atom. The standard InChI is InChI=1S/C15H17ClNO2/c1-2-19-15(18)13-4-3-9-17(11-13)10-12-5-7-14(16)8-6-12/h4-8,11H,2-3,9-10H2,1H3/q+1. The third kappa shape index (κ3) is 3.93. The van der Waals surface area contributed by atoms with Crippen LogP contribution in [0.2, 0.25) is 5.02 Å². The molecule has 1 aromatic carbocycles. The van der Waals surface area contributed by atoms with Crippen molar-refractivity contribution in [2.75, 3.05) is 13.2 Å². The highest BCUT2D eigenvalue weighted by Crippen LogP contribution is 2.12. The van der Waals surface area contributed by atoms with E-state index in [1.54, 1.807) is 0 Å². The average Bonchev–Trinajstić information content (AvgIpc) is 2.42. The van der Waals surface area contributed by atoms with Crippen LogP contribution in [0.3, 0.4) is 0 Å². The Kier molecular flexibility index (Phi) is 4.74. The molecule has 1 aliphatic rings. The molecule has 0 bridgehead atoms. The molecule has 0 unspecified atom stereocenters. The van der Waals surface area contributed by atoms with Gasteiger partial charge in [-0.3, -0.25) is 0 Å². The highest BCUT2D eigenvalue weighted by atomic mass is 35.5. The molecule has 0 aliphatic carbocycles. The first kappa shape index (κ1) is 13.8. The summed E-state index contributed by atoms with van der Waals surface area (Å²) in [4.78, 5) is 11.7. The molecule has 1 aromatic rings. The number of hydrogen-bond donors (Lipinski definition) is 0. The second kappa shape index (κ2) is 6.53. The summed E-state index contributed by atoms with van der Waals surface area (Å²) in [7, 11) is 0. The molecule has 0 saturated heterocycles. The van der Waals surface area contributed by atoms with Crippen molar-refractivity contribution in [1.82, 2.24) is 0 Å². The monoisotopic (exact) mass is 278 g/mol. The van der Waals surface area contributed by atoms with E-state index < -0.39 is 0 Å². The second-order valence-corrected chi connectivity index (χ2v) is 4.83. The SMILES string of the molecule is CCOC(=O)C1=CCC[N+](Cc2ccc(Cl)cc2)=C1. The maximum atomic E-state index is 11.7. The molecule has 19 heavy (non-hydrogen) atoms. The van der Waals surface area contributed by atoms with E-state index >= 15 is 0 Å². The molecule has 100 valence electrons. The molecule has 0 saturated carbocycles. The lowest BCUT2D eigenvalue weighted by Crippen LogP contribution is -2.22. The van der Waals surface area contributed by atoms with Crippen molar-refractivity contribution in [2.45, 2.75) is 19.9 Å². The Bertz CT molecular complexity index is 517. The summed E-state index contributed by atoms with van der Waals surface area (Å²) in [5.74, 6) is -0.247. The van der Waals surface area contributed by atoms with Crippen LogP contribution in [0.4, 0.5) is 0 Å². The number of halogens is 1. The van der Waals surface area contributed by atoms with E-state index in [0.29, 0.717) is 12.2 Å². The topological polar surface area (TPSA) is 29.3 Å². The van der Waals surface area contributed by atoms with E-state index in [9.17, 15) is 4.79 Å². The fourth-order valence-electron chi connectivity index (χ4n) is 2.00. The van der Waals surface area contributed by atoms with Gasteiger partial charge >= 0.3 is 5.97 Å². The minimum atomic E-state index is -0.247. The van der Waals surface area contributed by atoms with Gasteiger partial charge in [-0.25, -0.2) is 9.37 Å². The van der Waals surface area contributed by atoms with E-state index in [0.717, 1.165) is 24.5 Å². The molecule has 0 amide bonds. The van der Waals surface area contributed by atoms with Gasteiger partial charge in [-0.1, -0.05) is 29.8 Å². The maximum Gasteiger partial charge on any atom is 0.343 e. The van der Waals surface area contributed by atoms with Crippen molar-refractivity contribution >= 4 is 23.8 Å². The van der Waals surface area contributed by atoms with Crippen LogP contribution in [0, 0.1) is 0 Å². The zero-order valence-electron chi connectivity index (χ0n) is 10.9. The van der Waals surface area contributed by atoms with Gasteiger partial charge in [0.1, 0.15) is 12.1 Å². The third-order valence-electron chi connectivity index (χ3n) is 2.91. The van der Waals surface area contributed by atoms with Gasteiger partial charge in [0, 0.05) is 17.0 Å². The van der Waals surface area contributed by atoms with Gasteiger partial charge in [0.15, 0.2) is 12.8 Å². The van der Waals surface area contributed by atoms with E-state index in [4.69, 9.17) is 16.3 Å². The summed E-state index contributed by atoms with van der Waals surface area (Å²) in [5, 5.41) is 0.735. The Morgan fingerprint density at radius 2 is 2.11 bits per heavy atom. The molecule has 0 fully saturated rings. The van der Waals surface area contributed by atoms with Gasteiger partial charge in [0.25, 0.3) is 0 Å². The van der Waals surface area contributed by atoms with Gasteiger partial charge in [-0.05, 0) is 19.1 Å². The Balaban J connectivity index is 2.06. The Labute approximate surface area is 118 Å². The number of benzene rings is 1. The Morgan fingerprint density at radius 3 is 2.79 bits per heavy atom. The first-order chi connectivity index (χ1) is 9.19. The lowest BCUT2D eigenvalue weighted by atomic mass is 10.1. The molecule has 1 aliphatic heterocycles. The van der Waals surface area contributed by atoms with Gasteiger partial charge in [0.2, 0.25) is 0 Å². The van der Waals surface area contributed by atoms with Crippen molar-refractivity contribution in [3.8, 4) is 0 Å². The fraction of sp³-hybridized carbons (Fsp3) is 0.333. The van der Waals surface area contributed by atoms with Gasteiger partial charge < -0.3 is 4.74 Å². The number of nitrogens with zero attached hydrogens (tertiary/aromatic N) is 1. The van der Waals surface area contributed by atoms with Gasteiger partial charge in [-0.15, -0.1) is 0 Å². The van der Waals surface area contributed by atoms with Crippen LogP contribution in [-0.4, -0.2) is 29.9 Å². The molecule has 0 atom stereocenters. The summed E-state index contributed by atoms with van der Waals surface area (Å²) in [6.07, 6.45) is 4.66. The molecule has 0 N–H and O–H groups in total. The zero-order valence-corrected chi connectivity index (χ0v) is 11.7. The number of carbonyl (C=O) groups excluding carboxylic acids is 1. The number of hydrogen-bond acceptors (Lipinski definition) is 2. The van der Waals surface area contributed by atoms with Crippen molar-refractivity contribution < 1.29 is 14.1 Å². The number of rotatable bonds is 4. The molecule has 0 radical (unpaired) electrons. The minimum absolute atomic E-state index is 0.247. The van der Waals surface area contributed by atoms with E-state index in [1.807, 2.05) is 43.5 Å². The summed E-state index contributed by atoms with van der Waals surface area (Å²) < 4.78 is 7.13. The van der Waals surface area contributed by atoms with Crippen LogP contribution in [-0.2, 0) is 16.1 Å². The van der Waals surface area contributed by atoms with E-state index in [-0.39, 0.29) is 5.97 Å². The molecular weight excluding hydrogens is 262 g/mol. The van der Waals surface area contributed by atoms with Crippen LogP contribution < -0.4 is 0 Å². The molecule has 0 aromatic heterocycles. The number of ether oxygens (including phenoxy) is 1. The molecule has 2 rings (SSSR count). The normalized spacial score (nSPS) is 14.6. The first-order valence-electron chi connectivity index (χ1n) is 6.39. The van der Waals surface area contributed by atoms with Crippen LogP contribution >= 0.6 is 11.6 Å². The minimum Gasteiger partial charge on any atom is -0.462 e. The van der Waals surface area contributed by atoms with Crippen LogP contribution in [0.5, 0.6) is 0 Å². The summed E-state index contributed by atoms with van der Waals surface area (Å²) in [6, 6.07) is 7.75. The maximum absolute atomic E-state index is 11.7. The van der Waals surface area contributed by atoms with E-state index in [1.165, 1.54) is 5.56 Å². The zero-order chi connectivity index (χ0) is 13.7. The molecule has 1 heterocycles. The molecule has 3 nitrogen and oxygen atoms in total. The van der Waals surface area contributed by atoms with Crippen LogP contribution in [0.25, 0.3) is 0 Å². The smallest absolute Gasteiger partial charge is 0.343 e. The molecule has 0 spiro atoms. The molecular formula is C15H17ClNO2+. The van der Waals surface area contributed by atoms with Gasteiger partial charge in [0.05, 0.1) is 6.61 Å². The highest BCUT2D eigenvalue weighted by Gasteiger charge is 2.18. The third-order valence-corrected chi connectivity index (χ3v) is 3.16. The lowest BCUT2D eigenvalue weighted by Gasteiger charge is -2.09. The van der Waals surface area contributed by atoms with E-state index in [2.05, 4.69) is 4.58 Å². The Hall–Kier alpha value is -1.61. The van der Waals surface area contributed by atoms with Crippen molar-refractivity contribution in [3.05, 3.63) is 46.5 Å². The summed E-state index contributed by atoms with van der Waals surface area (Å²) in [6.45, 7) is 3.90. The number of esters is 1. The molecule has 4 heteroatoms. The largest absolute Gasteiger partial charge is 0.462 e. The predicted octanol–water partition coefficient (Wildman–Crippen LogP) is 2.82. The van der Waals surface area contributed by atoms with Crippen molar-refractivity contribution in [2.24, 2.45) is 0 Å². The fourth-order valence-corrected chi connectivity index (χ4v) is 2.13. The first-order valence-corrected chi connectivity index (χ1v) is 6.77. The summed E-state index contributed by atoms with van der Waals surface area (Å²) in [5.41, 5.74) is 1.81. The van der Waals surface area contributed by atoms with Crippen molar-refractivity contribution in [1.29, 1.82) is 0 Å². The number of carbonyl (C=O) groups is 1. The predicted molar refractivity (Wildman–Crippen MR) is 75.7 cm³/mol. The van der Waals surface area contributed by atoms with Gasteiger partial charge in [-0.2, -0.15) is 0 Å². The highest BCUT2D eigenvalue weighted by molar-refractivity contribution is 6.30. The summed E-state index contributed by atoms with van der Waals surface area (Å²) >= 11 is 5.86. The lowest BCUT2D eigenvalue weighted by molar-refractivity contribution is -0.539. The van der Waals surface area contributed by atoms with Crippen LogP contribution in [0.1, 0.15) is 18.9 Å². The second-order valence-electron chi connectivity index (χ2n) is 4.39. The van der Waals surface area contributed by atoms with Crippen molar-refractivity contribution in [3.63, 3.8) is 0 Å². The quantitative estimate of drug-likeness (QED) is 0.626.